The van der Waals surface area contributed by atoms with Gasteiger partial charge < -0.3 is 10.1 Å². The van der Waals surface area contributed by atoms with Crippen LogP contribution in [0.2, 0.25) is 0 Å². The summed E-state index contributed by atoms with van der Waals surface area (Å²) >= 11 is 2.87. The van der Waals surface area contributed by atoms with Gasteiger partial charge in [-0.05, 0) is 35.0 Å². The summed E-state index contributed by atoms with van der Waals surface area (Å²) in [5, 5.41) is 3.16. The zero-order valence-electron chi connectivity index (χ0n) is 8.82. The molecule has 1 fully saturated rings. The number of hydrogen-bond acceptors (Lipinski definition) is 2. The Labute approximate surface area is 101 Å². The Morgan fingerprint density at radius 2 is 2.25 bits per heavy atom. The van der Waals surface area contributed by atoms with E-state index in [-0.39, 0.29) is 16.1 Å². The molecule has 2 rings (SSSR count). The lowest BCUT2D eigenvalue weighted by Crippen LogP contribution is -2.10. The van der Waals surface area contributed by atoms with Crippen LogP contribution in [0.15, 0.2) is 10.5 Å². The number of halogens is 3. The normalized spacial score (nSPS) is 20.1. The second kappa shape index (κ2) is 4.67. The summed E-state index contributed by atoms with van der Waals surface area (Å²) < 4.78 is 32.0. The average Bonchev–Trinajstić information content (AvgIpc) is 2.79. The molecule has 1 aliphatic heterocycles. The second-order valence-electron chi connectivity index (χ2n) is 3.80. The van der Waals surface area contributed by atoms with Gasteiger partial charge in [0.1, 0.15) is 5.82 Å². The summed E-state index contributed by atoms with van der Waals surface area (Å²) in [5.41, 5.74) is 0.603. The maximum atomic E-state index is 13.7. The lowest BCUT2D eigenvalue weighted by atomic mass is 9.97. The minimum atomic E-state index is -0.663. The smallest absolute Gasteiger partial charge is 0.182 e. The van der Waals surface area contributed by atoms with E-state index in [0.717, 1.165) is 19.5 Å². The molecule has 1 aliphatic rings. The van der Waals surface area contributed by atoms with E-state index >= 15 is 0 Å². The fraction of sp³-hybridized carbons (Fsp3) is 0.455. The number of nitrogens with one attached hydrogen (secondary N) is 1. The van der Waals surface area contributed by atoms with Crippen molar-refractivity contribution in [2.24, 2.45) is 0 Å². The van der Waals surface area contributed by atoms with E-state index in [1.54, 1.807) is 0 Å². The lowest BCUT2D eigenvalue weighted by Gasteiger charge is -2.15. The van der Waals surface area contributed by atoms with Crippen LogP contribution in [0, 0.1) is 11.6 Å². The Kier molecular flexibility index (Phi) is 3.44. The van der Waals surface area contributed by atoms with E-state index in [1.807, 2.05) is 0 Å². The van der Waals surface area contributed by atoms with Crippen molar-refractivity contribution in [2.75, 3.05) is 20.2 Å². The molecule has 0 bridgehead atoms. The van der Waals surface area contributed by atoms with Gasteiger partial charge in [0.25, 0.3) is 0 Å². The molecule has 1 heterocycles. The Hall–Kier alpha value is -0.680. The fourth-order valence-electron chi connectivity index (χ4n) is 2.03. The van der Waals surface area contributed by atoms with Crippen molar-refractivity contribution in [1.29, 1.82) is 0 Å². The minimum absolute atomic E-state index is 0.118. The van der Waals surface area contributed by atoms with Gasteiger partial charge in [0.15, 0.2) is 11.6 Å². The predicted molar refractivity (Wildman–Crippen MR) is 60.8 cm³/mol. The zero-order valence-corrected chi connectivity index (χ0v) is 10.4. The molecule has 0 aromatic heterocycles. The van der Waals surface area contributed by atoms with Crippen LogP contribution >= 0.6 is 15.9 Å². The Bertz CT molecular complexity index is 405. The van der Waals surface area contributed by atoms with Crippen molar-refractivity contribution in [2.45, 2.75) is 12.3 Å². The maximum Gasteiger partial charge on any atom is 0.182 e. The van der Waals surface area contributed by atoms with E-state index in [9.17, 15) is 8.78 Å². The molecule has 1 aromatic carbocycles. The van der Waals surface area contributed by atoms with Gasteiger partial charge in [-0.1, -0.05) is 0 Å². The molecule has 5 heteroatoms. The second-order valence-corrected chi connectivity index (χ2v) is 4.59. The van der Waals surface area contributed by atoms with E-state index in [2.05, 4.69) is 21.2 Å². The predicted octanol–water partition coefficient (Wildman–Crippen LogP) is 2.81. The summed E-state index contributed by atoms with van der Waals surface area (Å²) in [5.74, 6) is -0.987. The highest BCUT2D eigenvalue weighted by molar-refractivity contribution is 9.10. The molecule has 0 saturated carbocycles. The molecule has 1 atom stereocenters. The summed E-state index contributed by atoms with van der Waals surface area (Å²) in [7, 11) is 1.40. The maximum absolute atomic E-state index is 13.7. The Morgan fingerprint density at radius 1 is 1.50 bits per heavy atom. The van der Waals surface area contributed by atoms with Crippen molar-refractivity contribution in [3.63, 3.8) is 0 Å². The van der Waals surface area contributed by atoms with Crippen molar-refractivity contribution >= 4 is 15.9 Å². The average molecular weight is 292 g/mol. The van der Waals surface area contributed by atoms with Crippen LogP contribution in [0.4, 0.5) is 8.78 Å². The SMILES string of the molecule is COc1c(C2CCNC2)cc(F)c(Br)c1F. The van der Waals surface area contributed by atoms with Crippen molar-refractivity contribution in [1.82, 2.24) is 5.32 Å². The number of rotatable bonds is 2. The molecule has 1 unspecified atom stereocenters. The van der Waals surface area contributed by atoms with Crippen molar-refractivity contribution in [3.8, 4) is 5.75 Å². The lowest BCUT2D eigenvalue weighted by molar-refractivity contribution is 0.373. The van der Waals surface area contributed by atoms with Gasteiger partial charge >= 0.3 is 0 Å². The summed E-state index contributed by atoms with van der Waals surface area (Å²) in [4.78, 5) is 0. The van der Waals surface area contributed by atoms with Gasteiger partial charge in [0.05, 0.1) is 11.6 Å². The van der Waals surface area contributed by atoms with Crippen LogP contribution in [-0.2, 0) is 0 Å². The number of hydrogen-bond donors (Lipinski definition) is 1. The van der Waals surface area contributed by atoms with Gasteiger partial charge in [-0.2, -0.15) is 0 Å². The molecule has 1 N–H and O–H groups in total. The third-order valence-corrected chi connectivity index (χ3v) is 3.58. The molecule has 0 spiro atoms. The van der Waals surface area contributed by atoms with Gasteiger partial charge in [0, 0.05) is 18.0 Å². The van der Waals surface area contributed by atoms with Crippen LogP contribution in [0.3, 0.4) is 0 Å². The van der Waals surface area contributed by atoms with Gasteiger partial charge in [-0.3, -0.25) is 0 Å². The minimum Gasteiger partial charge on any atom is -0.493 e. The first-order chi connectivity index (χ1) is 7.65. The molecule has 2 nitrogen and oxygen atoms in total. The van der Waals surface area contributed by atoms with Crippen molar-refractivity contribution < 1.29 is 13.5 Å². The largest absolute Gasteiger partial charge is 0.493 e. The quantitative estimate of drug-likeness (QED) is 0.846. The van der Waals surface area contributed by atoms with Crippen LogP contribution in [-0.4, -0.2) is 20.2 Å². The molecular weight excluding hydrogens is 280 g/mol. The van der Waals surface area contributed by atoms with Crippen LogP contribution in [0.25, 0.3) is 0 Å². The first kappa shape index (κ1) is 11.8. The van der Waals surface area contributed by atoms with Crippen LogP contribution in [0.1, 0.15) is 17.9 Å². The Balaban J connectivity index is 2.50. The summed E-state index contributed by atoms with van der Waals surface area (Å²) in [6.07, 6.45) is 0.872. The summed E-state index contributed by atoms with van der Waals surface area (Å²) in [6.45, 7) is 1.60. The monoisotopic (exact) mass is 291 g/mol. The molecule has 88 valence electrons. The Morgan fingerprint density at radius 3 is 2.81 bits per heavy atom. The highest BCUT2D eigenvalue weighted by Gasteiger charge is 2.25. The number of ether oxygens (including phenoxy) is 1. The van der Waals surface area contributed by atoms with E-state index in [4.69, 9.17) is 4.74 Å². The number of benzene rings is 1. The van der Waals surface area contributed by atoms with Gasteiger partial charge in [-0.15, -0.1) is 0 Å². The summed E-state index contributed by atoms with van der Waals surface area (Å²) in [6, 6.07) is 1.35. The molecule has 0 amide bonds. The fourth-order valence-corrected chi connectivity index (χ4v) is 2.32. The zero-order chi connectivity index (χ0) is 11.7. The van der Waals surface area contributed by atoms with E-state index in [1.165, 1.54) is 13.2 Å². The van der Waals surface area contributed by atoms with Crippen LogP contribution in [0.5, 0.6) is 5.75 Å². The third-order valence-electron chi connectivity index (χ3n) is 2.85. The molecule has 1 saturated heterocycles. The highest BCUT2D eigenvalue weighted by atomic mass is 79.9. The van der Waals surface area contributed by atoms with Gasteiger partial charge in [-0.25, -0.2) is 8.78 Å². The van der Waals surface area contributed by atoms with Crippen molar-refractivity contribution in [3.05, 3.63) is 27.7 Å². The van der Waals surface area contributed by atoms with E-state index in [0.29, 0.717) is 5.56 Å². The third kappa shape index (κ3) is 1.94. The first-order valence-electron chi connectivity index (χ1n) is 5.07. The highest BCUT2D eigenvalue weighted by Crippen LogP contribution is 2.37. The van der Waals surface area contributed by atoms with Gasteiger partial charge in [0.2, 0.25) is 0 Å². The standard InChI is InChI=1S/C11H12BrF2NO/c1-16-11-7(6-2-3-15-5-6)4-8(13)9(12)10(11)14/h4,6,15H,2-3,5H2,1H3. The van der Waals surface area contributed by atoms with Crippen LogP contribution < -0.4 is 10.1 Å². The van der Waals surface area contributed by atoms with E-state index < -0.39 is 11.6 Å². The topological polar surface area (TPSA) is 21.3 Å². The molecule has 16 heavy (non-hydrogen) atoms. The molecule has 0 aliphatic carbocycles. The molecule has 0 radical (unpaired) electrons. The molecular formula is C11H12BrF2NO. The molecule has 1 aromatic rings. The number of methoxy groups -OCH3 is 1. The first-order valence-corrected chi connectivity index (χ1v) is 5.86.